The first kappa shape index (κ1) is 13.1. The second-order valence-corrected chi connectivity index (χ2v) is 4.40. The Morgan fingerprint density at radius 2 is 1.95 bits per heavy atom. The van der Waals surface area contributed by atoms with Crippen molar-refractivity contribution in [2.24, 2.45) is 0 Å². The lowest BCUT2D eigenvalue weighted by atomic mass is 10.1. The van der Waals surface area contributed by atoms with Crippen molar-refractivity contribution in [1.29, 1.82) is 0 Å². The third-order valence-corrected chi connectivity index (χ3v) is 3.19. The number of nitrogen functional groups attached to an aromatic ring is 1. The number of aryl methyl sites for hydroxylation is 1. The average Bonchev–Trinajstić information content (AvgIpc) is 2.82. The molecule has 0 aliphatic heterocycles. The van der Waals surface area contributed by atoms with E-state index in [9.17, 15) is 4.79 Å². The smallest absolute Gasteiger partial charge is 0.151 e. The molecular formula is C16H18N2O. The number of aromatic nitrogens is 1. The van der Waals surface area contributed by atoms with Crippen molar-refractivity contribution in [2.75, 3.05) is 5.84 Å². The number of nitrogens with two attached hydrogens (primary N) is 1. The summed E-state index contributed by atoms with van der Waals surface area (Å²) in [6.07, 6.45) is 4.35. The maximum absolute atomic E-state index is 11.2. The molecule has 0 atom stereocenters. The monoisotopic (exact) mass is 254 g/mol. The summed E-state index contributed by atoms with van der Waals surface area (Å²) >= 11 is 0. The number of aldehydes is 1. The van der Waals surface area contributed by atoms with Crippen molar-refractivity contribution in [3.8, 4) is 0 Å². The highest BCUT2D eigenvalue weighted by molar-refractivity contribution is 6.06. The van der Waals surface area contributed by atoms with Crippen molar-refractivity contribution in [1.82, 2.24) is 4.68 Å². The van der Waals surface area contributed by atoms with Gasteiger partial charge in [0.15, 0.2) is 6.29 Å². The molecule has 1 aromatic heterocycles. The van der Waals surface area contributed by atoms with Crippen LogP contribution in [0.5, 0.6) is 0 Å². The normalized spacial score (nSPS) is 11.5. The van der Waals surface area contributed by atoms with Crippen LogP contribution in [0.25, 0.3) is 5.57 Å². The van der Waals surface area contributed by atoms with E-state index >= 15 is 0 Å². The summed E-state index contributed by atoms with van der Waals surface area (Å²) in [6.45, 7) is 2.04. The molecule has 2 rings (SSSR count). The minimum Gasteiger partial charge on any atom is -0.339 e. The molecule has 0 fully saturated rings. The van der Waals surface area contributed by atoms with E-state index in [2.05, 4.69) is 0 Å². The number of hydrogen-bond donors (Lipinski definition) is 1. The molecule has 19 heavy (non-hydrogen) atoms. The van der Waals surface area contributed by atoms with Gasteiger partial charge in [0.05, 0.1) is 5.69 Å². The fourth-order valence-corrected chi connectivity index (χ4v) is 2.07. The second-order valence-electron chi connectivity index (χ2n) is 4.40. The van der Waals surface area contributed by atoms with Gasteiger partial charge in [0.2, 0.25) is 0 Å². The highest BCUT2D eigenvalue weighted by atomic mass is 16.1. The Morgan fingerprint density at radius 3 is 2.53 bits per heavy atom. The summed E-state index contributed by atoms with van der Waals surface area (Å²) in [5.74, 6) is 5.98. The minimum atomic E-state index is 0.631. The molecule has 1 heterocycles. The Bertz CT molecular complexity index is 582. The van der Waals surface area contributed by atoms with Crippen molar-refractivity contribution >= 4 is 11.9 Å². The van der Waals surface area contributed by atoms with E-state index in [0.29, 0.717) is 5.57 Å². The van der Waals surface area contributed by atoms with E-state index in [1.165, 1.54) is 5.56 Å². The summed E-state index contributed by atoms with van der Waals surface area (Å²) in [5, 5.41) is 0. The van der Waals surface area contributed by atoms with E-state index in [-0.39, 0.29) is 0 Å². The van der Waals surface area contributed by atoms with Gasteiger partial charge in [-0.25, -0.2) is 0 Å². The van der Waals surface area contributed by atoms with Crippen LogP contribution in [0.3, 0.4) is 0 Å². The number of allylic oxidation sites excluding steroid dienone is 2. The lowest BCUT2D eigenvalue weighted by Crippen LogP contribution is -2.15. The van der Waals surface area contributed by atoms with Crippen LogP contribution in [0.4, 0.5) is 0 Å². The molecule has 3 heteroatoms. The Labute approximate surface area is 113 Å². The number of carbonyl (C=O) groups excluding carboxylic acids is 1. The van der Waals surface area contributed by atoms with Crippen LogP contribution >= 0.6 is 0 Å². The summed E-state index contributed by atoms with van der Waals surface area (Å²) in [4.78, 5) is 11.2. The van der Waals surface area contributed by atoms with Crippen LogP contribution in [0.15, 0.2) is 48.5 Å². The second kappa shape index (κ2) is 6.05. The fourth-order valence-electron chi connectivity index (χ4n) is 2.07. The van der Waals surface area contributed by atoms with Gasteiger partial charge in [0, 0.05) is 11.3 Å². The molecule has 0 saturated heterocycles. The van der Waals surface area contributed by atoms with E-state index in [1.807, 2.05) is 55.5 Å². The van der Waals surface area contributed by atoms with Gasteiger partial charge in [0.1, 0.15) is 0 Å². The molecule has 98 valence electrons. The highest BCUT2D eigenvalue weighted by Gasteiger charge is 2.08. The van der Waals surface area contributed by atoms with Crippen molar-refractivity contribution < 1.29 is 4.79 Å². The van der Waals surface area contributed by atoms with E-state index in [4.69, 9.17) is 5.84 Å². The first-order chi connectivity index (χ1) is 9.26. The zero-order valence-corrected chi connectivity index (χ0v) is 11.0. The average molecular weight is 254 g/mol. The number of hydrogen-bond acceptors (Lipinski definition) is 2. The van der Waals surface area contributed by atoms with Crippen LogP contribution in [0.2, 0.25) is 0 Å². The first-order valence-electron chi connectivity index (χ1n) is 6.41. The summed E-state index contributed by atoms with van der Waals surface area (Å²) in [6, 6.07) is 13.9. The molecule has 0 aliphatic carbocycles. The molecule has 2 aromatic rings. The molecule has 1 aromatic carbocycles. The quantitative estimate of drug-likeness (QED) is 0.506. The molecule has 2 N–H and O–H groups in total. The highest BCUT2D eigenvalue weighted by Crippen LogP contribution is 2.16. The summed E-state index contributed by atoms with van der Waals surface area (Å²) in [5.41, 5.74) is 3.59. The molecule has 0 aliphatic rings. The SMILES string of the molecule is CCc1ccc(/C(C=O)=C\Cc2ccccc2)n1N. The lowest BCUT2D eigenvalue weighted by Gasteiger charge is -2.06. The molecule has 3 nitrogen and oxygen atoms in total. The fraction of sp³-hybridized carbons (Fsp3) is 0.188. The number of carbonyl (C=O) groups is 1. The Hall–Kier alpha value is -2.29. The first-order valence-corrected chi connectivity index (χ1v) is 6.41. The third kappa shape index (κ3) is 2.94. The van der Waals surface area contributed by atoms with Gasteiger partial charge in [-0.2, -0.15) is 0 Å². The van der Waals surface area contributed by atoms with Crippen molar-refractivity contribution in [3.63, 3.8) is 0 Å². The van der Waals surface area contributed by atoms with Gasteiger partial charge in [-0.1, -0.05) is 43.3 Å². The van der Waals surface area contributed by atoms with Gasteiger partial charge in [0.25, 0.3) is 0 Å². The van der Waals surface area contributed by atoms with Gasteiger partial charge in [-0.3, -0.25) is 9.47 Å². The molecular weight excluding hydrogens is 236 g/mol. The molecule has 0 radical (unpaired) electrons. The number of rotatable bonds is 5. The molecule has 0 spiro atoms. The minimum absolute atomic E-state index is 0.631. The van der Waals surface area contributed by atoms with Crippen LogP contribution < -0.4 is 5.84 Å². The van der Waals surface area contributed by atoms with Crippen LogP contribution in [-0.4, -0.2) is 11.0 Å². The Kier molecular flexibility index (Phi) is 4.18. The Balaban J connectivity index is 2.24. The van der Waals surface area contributed by atoms with Gasteiger partial charge in [-0.05, 0) is 30.5 Å². The largest absolute Gasteiger partial charge is 0.339 e. The number of nitrogens with zero attached hydrogens (tertiary/aromatic N) is 1. The molecule has 0 amide bonds. The van der Waals surface area contributed by atoms with Crippen molar-refractivity contribution in [3.05, 3.63) is 65.5 Å². The predicted molar refractivity (Wildman–Crippen MR) is 78.1 cm³/mol. The molecule has 0 saturated carbocycles. The standard InChI is InChI=1S/C16H18N2O/c1-2-15-10-11-16(18(15)17)14(12-19)9-8-13-6-4-3-5-7-13/h3-7,9-12H,2,8,17H2,1H3/b14-9-. The van der Waals surface area contributed by atoms with Crippen LogP contribution in [-0.2, 0) is 17.6 Å². The van der Waals surface area contributed by atoms with E-state index in [0.717, 1.165) is 30.5 Å². The molecule has 0 unspecified atom stereocenters. The zero-order chi connectivity index (χ0) is 13.7. The maximum atomic E-state index is 11.2. The van der Waals surface area contributed by atoms with E-state index < -0.39 is 0 Å². The molecule has 0 bridgehead atoms. The summed E-state index contributed by atoms with van der Waals surface area (Å²) < 4.78 is 1.59. The topological polar surface area (TPSA) is 48.0 Å². The van der Waals surface area contributed by atoms with Gasteiger partial charge >= 0.3 is 0 Å². The predicted octanol–water partition coefficient (Wildman–Crippen LogP) is 2.59. The van der Waals surface area contributed by atoms with Crippen LogP contribution in [0, 0.1) is 0 Å². The summed E-state index contributed by atoms with van der Waals surface area (Å²) in [7, 11) is 0. The van der Waals surface area contributed by atoms with E-state index in [1.54, 1.807) is 4.68 Å². The maximum Gasteiger partial charge on any atom is 0.151 e. The van der Waals surface area contributed by atoms with Gasteiger partial charge < -0.3 is 5.84 Å². The third-order valence-electron chi connectivity index (χ3n) is 3.19. The zero-order valence-electron chi connectivity index (χ0n) is 11.0. The van der Waals surface area contributed by atoms with Gasteiger partial charge in [-0.15, -0.1) is 0 Å². The van der Waals surface area contributed by atoms with Crippen LogP contribution in [0.1, 0.15) is 23.9 Å². The van der Waals surface area contributed by atoms with Crippen molar-refractivity contribution in [2.45, 2.75) is 19.8 Å². The Morgan fingerprint density at radius 1 is 1.21 bits per heavy atom. The number of benzene rings is 1. The lowest BCUT2D eigenvalue weighted by molar-refractivity contribution is -0.103.